The average molecular weight is 283 g/mol. The van der Waals surface area contributed by atoms with Gasteiger partial charge in [0.15, 0.2) is 0 Å². The summed E-state index contributed by atoms with van der Waals surface area (Å²) >= 11 is 5.82. The SMILES string of the molecule is Cc1cc(C(=O)NCCCOCC2CC2)cc(Cl)n1. The predicted molar refractivity (Wildman–Crippen MR) is 74.5 cm³/mol. The molecule has 104 valence electrons. The van der Waals surface area contributed by atoms with Crippen LogP contribution in [-0.2, 0) is 4.74 Å². The van der Waals surface area contributed by atoms with Gasteiger partial charge in [0.25, 0.3) is 5.91 Å². The van der Waals surface area contributed by atoms with Gasteiger partial charge in [-0.15, -0.1) is 0 Å². The van der Waals surface area contributed by atoms with E-state index in [1.165, 1.54) is 12.8 Å². The predicted octanol–water partition coefficient (Wildman–Crippen LogP) is 2.59. The minimum Gasteiger partial charge on any atom is -0.381 e. The van der Waals surface area contributed by atoms with Gasteiger partial charge < -0.3 is 10.1 Å². The molecule has 1 fully saturated rings. The Labute approximate surface area is 118 Å². The third-order valence-corrected chi connectivity index (χ3v) is 3.18. The maximum atomic E-state index is 11.9. The van der Waals surface area contributed by atoms with Crippen molar-refractivity contribution >= 4 is 17.5 Å². The van der Waals surface area contributed by atoms with E-state index in [0.29, 0.717) is 23.9 Å². The van der Waals surface area contributed by atoms with Gasteiger partial charge in [-0.2, -0.15) is 0 Å². The summed E-state index contributed by atoms with van der Waals surface area (Å²) in [4.78, 5) is 15.9. The van der Waals surface area contributed by atoms with Gasteiger partial charge >= 0.3 is 0 Å². The zero-order valence-electron chi connectivity index (χ0n) is 11.1. The number of carbonyl (C=O) groups excluding carboxylic acids is 1. The molecule has 5 heteroatoms. The van der Waals surface area contributed by atoms with Gasteiger partial charge in [-0.1, -0.05) is 11.6 Å². The lowest BCUT2D eigenvalue weighted by atomic mass is 10.2. The third kappa shape index (κ3) is 5.17. The van der Waals surface area contributed by atoms with Crippen LogP contribution in [0.3, 0.4) is 0 Å². The second-order valence-corrected chi connectivity index (χ2v) is 5.33. The largest absolute Gasteiger partial charge is 0.381 e. The summed E-state index contributed by atoms with van der Waals surface area (Å²) in [5.41, 5.74) is 1.29. The quantitative estimate of drug-likeness (QED) is 0.618. The van der Waals surface area contributed by atoms with E-state index in [4.69, 9.17) is 16.3 Å². The van der Waals surface area contributed by atoms with Crippen LogP contribution in [0.15, 0.2) is 12.1 Å². The first-order valence-electron chi connectivity index (χ1n) is 6.65. The van der Waals surface area contributed by atoms with E-state index in [1.807, 2.05) is 6.92 Å². The fourth-order valence-corrected chi connectivity index (χ4v) is 2.02. The Morgan fingerprint density at radius 1 is 1.53 bits per heavy atom. The van der Waals surface area contributed by atoms with Crippen molar-refractivity contribution in [3.05, 3.63) is 28.5 Å². The van der Waals surface area contributed by atoms with Crippen LogP contribution in [-0.4, -0.2) is 30.6 Å². The average Bonchev–Trinajstić information content (AvgIpc) is 3.16. The molecule has 19 heavy (non-hydrogen) atoms. The van der Waals surface area contributed by atoms with E-state index >= 15 is 0 Å². The maximum Gasteiger partial charge on any atom is 0.251 e. The number of hydrogen-bond acceptors (Lipinski definition) is 3. The Kier molecular flexibility index (Phi) is 5.16. The van der Waals surface area contributed by atoms with Crippen LogP contribution in [0.2, 0.25) is 5.15 Å². The van der Waals surface area contributed by atoms with E-state index in [2.05, 4.69) is 10.3 Å². The number of aryl methyl sites for hydroxylation is 1. The molecular weight excluding hydrogens is 264 g/mol. The first-order valence-corrected chi connectivity index (χ1v) is 7.03. The van der Waals surface area contributed by atoms with Gasteiger partial charge in [-0.25, -0.2) is 4.98 Å². The highest BCUT2D eigenvalue weighted by molar-refractivity contribution is 6.29. The summed E-state index contributed by atoms with van der Waals surface area (Å²) in [6.45, 7) is 4.00. The molecule has 1 aromatic rings. The molecule has 1 N–H and O–H groups in total. The summed E-state index contributed by atoms with van der Waals surface area (Å²) < 4.78 is 5.50. The van der Waals surface area contributed by atoms with Gasteiger partial charge in [0.05, 0.1) is 0 Å². The minimum atomic E-state index is -0.116. The number of pyridine rings is 1. The molecule has 0 aliphatic heterocycles. The second-order valence-electron chi connectivity index (χ2n) is 4.95. The van der Waals surface area contributed by atoms with Crippen molar-refractivity contribution in [2.45, 2.75) is 26.2 Å². The van der Waals surface area contributed by atoms with E-state index < -0.39 is 0 Å². The molecule has 1 aliphatic carbocycles. The Balaban J connectivity index is 1.65. The summed E-state index contributed by atoms with van der Waals surface area (Å²) in [6.07, 6.45) is 3.44. The maximum absolute atomic E-state index is 11.9. The van der Waals surface area contributed by atoms with Gasteiger partial charge in [0.1, 0.15) is 5.15 Å². The molecule has 0 saturated heterocycles. The fourth-order valence-electron chi connectivity index (χ4n) is 1.77. The van der Waals surface area contributed by atoms with Gasteiger partial charge in [-0.3, -0.25) is 4.79 Å². The number of halogens is 1. The van der Waals surface area contributed by atoms with Crippen molar-refractivity contribution in [3.8, 4) is 0 Å². The standard InChI is InChI=1S/C14H19ClN2O2/c1-10-7-12(8-13(15)17-10)14(18)16-5-2-6-19-9-11-3-4-11/h7-8,11H,2-6,9H2,1H3,(H,16,18). The monoisotopic (exact) mass is 282 g/mol. The van der Waals surface area contributed by atoms with Gasteiger partial charge in [-0.05, 0) is 44.2 Å². The lowest BCUT2D eigenvalue weighted by molar-refractivity contribution is 0.0937. The van der Waals surface area contributed by atoms with Crippen molar-refractivity contribution < 1.29 is 9.53 Å². The van der Waals surface area contributed by atoms with E-state index in [9.17, 15) is 4.79 Å². The lowest BCUT2D eigenvalue weighted by Gasteiger charge is -2.07. The van der Waals surface area contributed by atoms with E-state index in [1.54, 1.807) is 12.1 Å². The van der Waals surface area contributed by atoms with Crippen LogP contribution in [0.1, 0.15) is 35.3 Å². The summed E-state index contributed by atoms with van der Waals surface area (Å²) in [5.74, 6) is 0.672. The molecule has 1 saturated carbocycles. The summed E-state index contributed by atoms with van der Waals surface area (Å²) in [6, 6.07) is 3.30. The molecule has 0 unspecified atom stereocenters. The molecular formula is C14H19ClN2O2. The lowest BCUT2D eigenvalue weighted by Crippen LogP contribution is -2.25. The number of hydrogen-bond donors (Lipinski definition) is 1. The van der Waals surface area contributed by atoms with Crippen LogP contribution in [0.5, 0.6) is 0 Å². The van der Waals surface area contributed by atoms with E-state index in [0.717, 1.165) is 24.6 Å². The highest BCUT2D eigenvalue weighted by Gasteiger charge is 2.20. The molecule has 0 atom stereocenters. The van der Waals surface area contributed by atoms with E-state index in [-0.39, 0.29) is 5.91 Å². The first kappa shape index (κ1) is 14.3. The highest BCUT2D eigenvalue weighted by Crippen LogP contribution is 2.28. The minimum absolute atomic E-state index is 0.116. The summed E-state index contributed by atoms with van der Waals surface area (Å²) in [7, 11) is 0. The van der Waals surface area contributed by atoms with Gasteiger partial charge in [0.2, 0.25) is 0 Å². The zero-order chi connectivity index (χ0) is 13.7. The van der Waals surface area contributed by atoms with Crippen molar-refractivity contribution in [1.82, 2.24) is 10.3 Å². The Morgan fingerprint density at radius 3 is 3.00 bits per heavy atom. The smallest absolute Gasteiger partial charge is 0.251 e. The second kappa shape index (κ2) is 6.87. The molecule has 1 aliphatic rings. The molecule has 0 aromatic carbocycles. The first-order chi connectivity index (χ1) is 9.15. The van der Waals surface area contributed by atoms with Crippen molar-refractivity contribution in [3.63, 3.8) is 0 Å². The summed E-state index contributed by atoms with van der Waals surface area (Å²) in [5, 5.41) is 3.20. The number of ether oxygens (including phenoxy) is 1. The van der Waals surface area contributed by atoms with Gasteiger partial charge in [0, 0.05) is 31.0 Å². The molecule has 1 heterocycles. The number of rotatable bonds is 7. The molecule has 0 radical (unpaired) electrons. The van der Waals surface area contributed by atoms with Crippen LogP contribution >= 0.6 is 11.6 Å². The van der Waals surface area contributed by atoms with Crippen LogP contribution in [0, 0.1) is 12.8 Å². The number of nitrogens with one attached hydrogen (secondary N) is 1. The van der Waals surface area contributed by atoms with Crippen molar-refractivity contribution in [1.29, 1.82) is 0 Å². The van der Waals surface area contributed by atoms with Crippen LogP contribution in [0.4, 0.5) is 0 Å². The molecule has 0 bridgehead atoms. The number of nitrogens with zero attached hydrogens (tertiary/aromatic N) is 1. The molecule has 1 aromatic heterocycles. The van der Waals surface area contributed by atoms with Crippen molar-refractivity contribution in [2.24, 2.45) is 5.92 Å². The highest BCUT2D eigenvalue weighted by atomic mass is 35.5. The molecule has 4 nitrogen and oxygen atoms in total. The van der Waals surface area contributed by atoms with Crippen LogP contribution in [0.25, 0.3) is 0 Å². The molecule has 2 rings (SSSR count). The number of aromatic nitrogens is 1. The normalized spacial score (nSPS) is 14.4. The molecule has 1 amide bonds. The topological polar surface area (TPSA) is 51.2 Å². The fraction of sp³-hybridized carbons (Fsp3) is 0.571. The Morgan fingerprint density at radius 2 is 2.32 bits per heavy atom. The Bertz CT molecular complexity index is 427. The molecule has 0 spiro atoms. The zero-order valence-corrected chi connectivity index (χ0v) is 11.9. The number of carbonyl (C=O) groups is 1. The van der Waals surface area contributed by atoms with Crippen LogP contribution < -0.4 is 5.32 Å². The third-order valence-electron chi connectivity index (χ3n) is 2.99. The van der Waals surface area contributed by atoms with Crippen molar-refractivity contribution in [2.75, 3.05) is 19.8 Å². The number of amides is 1. The Hall–Kier alpha value is -1.13.